The molecule has 0 aliphatic rings. The van der Waals surface area contributed by atoms with Crippen molar-refractivity contribution in [2.24, 2.45) is 5.73 Å². The number of oxazole rings is 1. The predicted octanol–water partition coefficient (Wildman–Crippen LogP) is 1.20. The Bertz CT molecular complexity index is 594. The Balaban J connectivity index is 2.27. The third-order valence-corrected chi connectivity index (χ3v) is 3.08. The summed E-state index contributed by atoms with van der Waals surface area (Å²) in [5.74, 6) is -0.394. The number of carbonyl (C=O) groups is 1. The average Bonchev–Trinajstić information content (AvgIpc) is 2.74. The van der Waals surface area contributed by atoms with Crippen LogP contribution in [0.25, 0.3) is 11.1 Å². The molecule has 0 amide bonds. The molecular formula is C13H17N3O3. The molecule has 0 fully saturated rings. The normalized spacial score (nSPS) is 14.5. The molecule has 2 atom stereocenters. The van der Waals surface area contributed by atoms with Gasteiger partial charge in [-0.3, -0.25) is 4.79 Å². The summed E-state index contributed by atoms with van der Waals surface area (Å²) < 4.78 is 5.41. The van der Waals surface area contributed by atoms with E-state index < -0.39 is 12.0 Å². The van der Waals surface area contributed by atoms with E-state index in [-0.39, 0.29) is 6.04 Å². The third-order valence-electron chi connectivity index (χ3n) is 3.08. The third kappa shape index (κ3) is 2.91. The van der Waals surface area contributed by atoms with E-state index in [4.69, 9.17) is 15.3 Å². The molecule has 4 N–H and O–H groups in total. The van der Waals surface area contributed by atoms with Crippen molar-refractivity contribution >= 4 is 17.1 Å². The number of fused-ring (bicyclic) bond motifs is 1. The van der Waals surface area contributed by atoms with Gasteiger partial charge in [0.25, 0.3) is 0 Å². The number of benzene rings is 1. The minimum atomic E-state index is -1.00. The number of nitrogens with two attached hydrogens (primary N) is 1. The van der Waals surface area contributed by atoms with Crippen LogP contribution in [0.3, 0.4) is 0 Å². The second-order valence-corrected chi connectivity index (χ2v) is 4.48. The Kier molecular flexibility index (Phi) is 3.82. The van der Waals surface area contributed by atoms with Gasteiger partial charge in [0.05, 0.1) is 0 Å². The molecule has 1 aromatic heterocycles. The molecule has 19 heavy (non-hydrogen) atoms. The Hall–Kier alpha value is -1.92. The maximum Gasteiger partial charge on any atom is 0.320 e. The molecule has 0 bridgehead atoms. The minimum absolute atomic E-state index is 0.132. The number of hydrogen-bond donors (Lipinski definition) is 3. The lowest BCUT2D eigenvalue weighted by Crippen LogP contribution is -2.34. The number of carboxylic acid groups (broad SMARTS) is 1. The van der Waals surface area contributed by atoms with Gasteiger partial charge in [0, 0.05) is 13.0 Å². The number of aliphatic carboxylic acids is 1. The fourth-order valence-corrected chi connectivity index (χ4v) is 2.05. The van der Waals surface area contributed by atoms with Crippen molar-refractivity contribution in [3.8, 4) is 0 Å². The SMILES string of the molecule is CNC(CC(N)C(=O)O)c1ccc2oc(C)nc2c1. The number of rotatable bonds is 5. The highest BCUT2D eigenvalue weighted by Gasteiger charge is 2.19. The molecule has 0 aliphatic carbocycles. The molecule has 0 aliphatic heterocycles. The van der Waals surface area contributed by atoms with Gasteiger partial charge < -0.3 is 20.6 Å². The zero-order chi connectivity index (χ0) is 14.0. The van der Waals surface area contributed by atoms with E-state index in [1.165, 1.54) is 0 Å². The van der Waals surface area contributed by atoms with Crippen molar-refractivity contribution in [2.45, 2.75) is 25.4 Å². The lowest BCUT2D eigenvalue weighted by Gasteiger charge is -2.18. The Morgan fingerprint density at radius 3 is 2.95 bits per heavy atom. The molecule has 2 rings (SSSR count). The highest BCUT2D eigenvalue weighted by molar-refractivity contribution is 5.74. The van der Waals surface area contributed by atoms with Gasteiger partial charge in [-0.2, -0.15) is 0 Å². The minimum Gasteiger partial charge on any atom is -0.480 e. The first-order valence-corrected chi connectivity index (χ1v) is 6.04. The lowest BCUT2D eigenvalue weighted by atomic mass is 9.99. The van der Waals surface area contributed by atoms with Crippen LogP contribution < -0.4 is 11.1 Å². The molecule has 0 spiro atoms. The second-order valence-electron chi connectivity index (χ2n) is 4.48. The van der Waals surface area contributed by atoms with Gasteiger partial charge >= 0.3 is 5.97 Å². The van der Waals surface area contributed by atoms with Crippen LogP contribution >= 0.6 is 0 Å². The highest BCUT2D eigenvalue weighted by Crippen LogP contribution is 2.23. The standard InChI is InChI=1S/C13H17N3O3/c1-7-16-11-5-8(3-4-12(11)19-7)10(15-2)6-9(14)13(17)18/h3-5,9-10,15H,6,14H2,1-2H3,(H,17,18). The van der Waals surface area contributed by atoms with Crippen LogP contribution in [0.5, 0.6) is 0 Å². The van der Waals surface area contributed by atoms with E-state index in [2.05, 4.69) is 10.3 Å². The van der Waals surface area contributed by atoms with E-state index in [0.717, 1.165) is 16.7 Å². The Morgan fingerprint density at radius 2 is 2.32 bits per heavy atom. The van der Waals surface area contributed by atoms with E-state index in [0.29, 0.717) is 12.3 Å². The van der Waals surface area contributed by atoms with Gasteiger partial charge in [0.2, 0.25) is 0 Å². The fraction of sp³-hybridized carbons (Fsp3) is 0.385. The zero-order valence-corrected chi connectivity index (χ0v) is 10.9. The predicted molar refractivity (Wildman–Crippen MR) is 70.8 cm³/mol. The molecule has 1 aromatic carbocycles. The Labute approximate surface area is 110 Å². The smallest absolute Gasteiger partial charge is 0.320 e. The number of nitrogens with one attached hydrogen (secondary N) is 1. The largest absolute Gasteiger partial charge is 0.480 e. The number of aryl methyl sites for hydroxylation is 1. The maximum atomic E-state index is 10.8. The summed E-state index contributed by atoms with van der Waals surface area (Å²) in [6.07, 6.45) is 0.314. The van der Waals surface area contributed by atoms with Crippen LogP contribution in [-0.4, -0.2) is 29.1 Å². The maximum absolute atomic E-state index is 10.8. The summed E-state index contributed by atoms with van der Waals surface area (Å²) in [6.45, 7) is 1.79. The number of nitrogens with zero attached hydrogens (tertiary/aromatic N) is 1. The van der Waals surface area contributed by atoms with Gasteiger partial charge in [-0.15, -0.1) is 0 Å². The first kappa shape index (κ1) is 13.5. The summed E-state index contributed by atoms with van der Waals surface area (Å²) in [5, 5.41) is 11.9. The van der Waals surface area contributed by atoms with Crippen LogP contribution in [0.2, 0.25) is 0 Å². The quantitative estimate of drug-likeness (QED) is 0.749. The molecule has 0 saturated carbocycles. The summed E-state index contributed by atoms with van der Waals surface area (Å²) in [4.78, 5) is 15.1. The summed E-state index contributed by atoms with van der Waals surface area (Å²) >= 11 is 0. The molecular weight excluding hydrogens is 246 g/mol. The van der Waals surface area contributed by atoms with E-state index in [9.17, 15) is 4.79 Å². The lowest BCUT2D eigenvalue weighted by molar-refractivity contribution is -0.138. The van der Waals surface area contributed by atoms with Crippen LogP contribution in [0.15, 0.2) is 22.6 Å². The average molecular weight is 263 g/mol. The Morgan fingerprint density at radius 1 is 1.58 bits per heavy atom. The van der Waals surface area contributed by atoms with Gasteiger partial charge in [0.1, 0.15) is 11.6 Å². The molecule has 1 heterocycles. The molecule has 102 valence electrons. The van der Waals surface area contributed by atoms with Crippen molar-refractivity contribution in [2.75, 3.05) is 7.05 Å². The van der Waals surface area contributed by atoms with E-state index >= 15 is 0 Å². The number of hydrogen-bond acceptors (Lipinski definition) is 5. The molecule has 6 heteroatoms. The van der Waals surface area contributed by atoms with Crippen molar-refractivity contribution in [3.63, 3.8) is 0 Å². The van der Waals surface area contributed by atoms with Crippen LogP contribution in [0.1, 0.15) is 23.9 Å². The summed E-state index contributed by atoms with van der Waals surface area (Å²) in [7, 11) is 1.78. The fourth-order valence-electron chi connectivity index (χ4n) is 2.05. The van der Waals surface area contributed by atoms with Gasteiger partial charge in [0.15, 0.2) is 11.5 Å². The van der Waals surface area contributed by atoms with Gasteiger partial charge in [-0.25, -0.2) is 4.98 Å². The first-order chi connectivity index (χ1) is 9.01. The topological polar surface area (TPSA) is 101 Å². The first-order valence-electron chi connectivity index (χ1n) is 6.04. The van der Waals surface area contributed by atoms with Gasteiger partial charge in [-0.1, -0.05) is 6.07 Å². The van der Waals surface area contributed by atoms with Gasteiger partial charge in [-0.05, 0) is 31.2 Å². The summed E-state index contributed by atoms with van der Waals surface area (Å²) in [6, 6.07) is 4.59. The van der Waals surface area contributed by atoms with Crippen LogP contribution in [-0.2, 0) is 4.79 Å². The van der Waals surface area contributed by atoms with Crippen molar-refractivity contribution in [1.29, 1.82) is 0 Å². The van der Waals surface area contributed by atoms with E-state index in [1.54, 1.807) is 14.0 Å². The van der Waals surface area contributed by atoms with Crippen molar-refractivity contribution in [1.82, 2.24) is 10.3 Å². The van der Waals surface area contributed by atoms with Crippen LogP contribution in [0, 0.1) is 6.92 Å². The van der Waals surface area contributed by atoms with Crippen molar-refractivity contribution < 1.29 is 14.3 Å². The number of carboxylic acids is 1. The zero-order valence-electron chi connectivity index (χ0n) is 10.9. The molecule has 2 aromatic rings. The molecule has 2 unspecified atom stereocenters. The van der Waals surface area contributed by atoms with Crippen LogP contribution in [0.4, 0.5) is 0 Å². The summed E-state index contributed by atoms with van der Waals surface area (Å²) in [5.41, 5.74) is 8.00. The molecule has 6 nitrogen and oxygen atoms in total. The van der Waals surface area contributed by atoms with E-state index in [1.807, 2.05) is 18.2 Å². The second kappa shape index (κ2) is 5.38. The highest BCUT2D eigenvalue weighted by atomic mass is 16.4. The van der Waals surface area contributed by atoms with Crippen molar-refractivity contribution in [3.05, 3.63) is 29.7 Å². The number of aromatic nitrogens is 1. The molecule has 0 radical (unpaired) electrons. The molecule has 0 saturated heterocycles. The monoisotopic (exact) mass is 263 g/mol.